The highest BCUT2D eigenvalue weighted by Crippen LogP contribution is 2.40. The van der Waals surface area contributed by atoms with E-state index in [4.69, 9.17) is 21.1 Å². The second-order valence-corrected chi connectivity index (χ2v) is 3.06. The van der Waals surface area contributed by atoms with Crippen LogP contribution in [0.1, 0.15) is 5.56 Å². The third kappa shape index (κ3) is 1.45. The summed E-state index contributed by atoms with van der Waals surface area (Å²) < 4.78 is 10.3. The number of hydrogen-bond donors (Lipinski definition) is 0. The monoisotopic (exact) mass is 211 g/mol. The highest BCUT2D eigenvalue weighted by molar-refractivity contribution is 6.33. The van der Waals surface area contributed by atoms with Crippen molar-refractivity contribution in [3.05, 3.63) is 22.7 Å². The zero-order valence-corrected chi connectivity index (χ0v) is 7.87. The van der Waals surface area contributed by atoms with Gasteiger partial charge in [-0.25, -0.2) is 9.79 Å². The van der Waals surface area contributed by atoms with Crippen LogP contribution in [0.15, 0.2) is 17.1 Å². The number of halogens is 1. The minimum absolute atomic E-state index is 0.176. The number of hydrogen-bond acceptors (Lipinski definition) is 4. The molecule has 1 heterocycles. The van der Waals surface area contributed by atoms with Gasteiger partial charge in [0.25, 0.3) is 0 Å². The summed E-state index contributed by atoms with van der Waals surface area (Å²) in [6.07, 6.45) is 1.46. The number of carbonyl (C=O) groups excluding carboxylic acids is 1. The van der Waals surface area contributed by atoms with Crippen LogP contribution >= 0.6 is 11.6 Å². The Morgan fingerprint density at radius 1 is 1.50 bits per heavy atom. The summed E-state index contributed by atoms with van der Waals surface area (Å²) in [5.74, 6) is 1.14. The molecule has 1 aromatic carbocycles. The fourth-order valence-corrected chi connectivity index (χ4v) is 1.49. The maximum Gasteiger partial charge on any atom is 0.235 e. The Morgan fingerprint density at radius 3 is 3.14 bits per heavy atom. The van der Waals surface area contributed by atoms with Gasteiger partial charge in [0, 0.05) is 0 Å². The molecule has 0 saturated heterocycles. The third-order valence-electron chi connectivity index (χ3n) is 1.87. The largest absolute Gasteiger partial charge is 0.454 e. The molecule has 0 spiro atoms. The van der Waals surface area contributed by atoms with Gasteiger partial charge >= 0.3 is 0 Å². The molecule has 0 amide bonds. The van der Waals surface area contributed by atoms with Gasteiger partial charge in [0.15, 0.2) is 11.5 Å². The quantitative estimate of drug-likeness (QED) is 0.555. The summed E-state index contributed by atoms with van der Waals surface area (Å²) in [6.45, 7) is 0.383. The molecule has 0 aliphatic carbocycles. The summed E-state index contributed by atoms with van der Waals surface area (Å²) in [4.78, 5) is 13.4. The summed E-state index contributed by atoms with van der Waals surface area (Å²) in [6, 6.07) is 3.49. The van der Waals surface area contributed by atoms with E-state index in [2.05, 4.69) is 4.99 Å². The molecule has 0 atom stereocenters. The van der Waals surface area contributed by atoms with Crippen molar-refractivity contribution in [2.45, 2.75) is 6.54 Å². The molecular weight excluding hydrogens is 206 g/mol. The van der Waals surface area contributed by atoms with E-state index in [-0.39, 0.29) is 13.3 Å². The van der Waals surface area contributed by atoms with Gasteiger partial charge in [0.2, 0.25) is 12.9 Å². The lowest BCUT2D eigenvalue weighted by Gasteiger charge is -2.02. The van der Waals surface area contributed by atoms with E-state index in [0.29, 0.717) is 16.5 Å². The Labute approximate surface area is 85.1 Å². The van der Waals surface area contributed by atoms with Gasteiger partial charge < -0.3 is 9.47 Å². The Bertz CT molecular complexity index is 413. The highest BCUT2D eigenvalue weighted by Gasteiger charge is 2.19. The van der Waals surface area contributed by atoms with Crippen LogP contribution in [0.3, 0.4) is 0 Å². The van der Waals surface area contributed by atoms with Gasteiger partial charge in [-0.15, -0.1) is 0 Å². The molecule has 0 fully saturated rings. The lowest BCUT2D eigenvalue weighted by Crippen LogP contribution is -1.93. The molecule has 0 saturated carbocycles. The molecule has 1 aliphatic heterocycles. The van der Waals surface area contributed by atoms with Crippen molar-refractivity contribution in [2.24, 2.45) is 4.99 Å². The van der Waals surface area contributed by atoms with Crippen LogP contribution in [-0.2, 0) is 11.3 Å². The van der Waals surface area contributed by atoms with Crippen LogP contribution in [-0.4, -0.2) is 12.9 Å². The minimum atomic E-state index is 0.176. The van der Waals surface area contributed by atoms with E-state index in [0.717, 1.165) is 5.56 Å². The number of aliphatic imine (C=N–C) groups is 1. The zero-order chi connectivity index (χ0) is 9.97. The molecule has 2 rings (SSSR count). The number of isocyanates is 1. The number of benzene rings is 1. The van der Waals surface area contributed by atoms with E-state index in [9.17, 15) is 4.79 Å². The molecule has 4 nitrogen and oxygen atoms in total. The van der Waals surface area contributed by atoms with E-state index in [1.54, 1.807) is 12.1 Å². The standard InChI is InChI=1S/C9H6ClNO3/c10-8-6(3-11-4-12)1-2-7-9(8)14-5-13-7/h1-2H,3,5H2. The van der Waals surface area contributed by atoms with E-state index >= 15 is 0 Å². The van der Waals surface area contributed by atoms with Crippen LogP contribution in [0.5, 0.6) is 11.5 Å². The molecule has 0 bridgehead atoms. The van der Waals surface area contributed by atoms with Crippen LogP contribution in [0.2, 0.25) is 5.02 Å². The molecule has 0 N–H and O–H groups in total. The molecule has 0 unspecified atom stereocenters. The van der Waals surface area contributed by atoms with Crippen LogP contribution < -0.4 is 9.47 Å². The van der Waals surface area contributed by atoms with Gasteiger partial charge in [0.05, 0.1) is 11.6 Å². The maximum absolute atomic E-state index is 9.93. The van der Waals surface area contributed by atoms with Gasteiger partial charge in [-0.2, -0.15) is 0 Å². The molecule has 72 valence electrons. The molecule has 1 aromatic rings. The summed E-state index contributed by atoms with van der Waals surface area (Å²) >= 11 is 6.00. The first-order chi connectivity index (χ1) is 6.83. The molecule has 5 heteroatoms. The number of nitrogens with zero attached hydrogens (tertiary/aromatic N) is 1. The number of fused-ring (bicyclic) bond motifs is 1. The van der Waals surface area contributed by atoms with Crippen molar-refractivity contribution in [3.8, 4) is 11.5 Å². The first-order valence-corrected chi connectivity index (χ1v) is 4.31. The van der Waals surface area contributed by atoms with Gasteiger partial charge in [-0.1, -0.05) is 17.7 Å². The van der Waals surface area contributed by atoms with Gasteiger partial charge in [-0.3, -0.25) is 0 Å². The lowest BCUT2D eigenvalue weighted by atomic mass is 10.2. The third-order valence-corrected chi connectivity index (χ3v) is 2.29. The Morgan fingerprint density at radius 2 is 2.36 bits per heavy atom. The van der Waals surface area contributed by atoms with Crippen molar-refractivity contribution in [1.29, 1.82) is 0 Å². The molecule has 0 aromatic heterocycles. The Kier molecular flexibility index (Phi) is 2.39. The summed E-state index contributed by atoms with van der Waals surface area (Å²) in [5.41, 5.74) is 0.722. The lowest BCUT2D eigenvalue weighted by molar-refractivity contribution is 0.174. The van der Waals surface area contributed by atoms with Crippen molar-refractivity contribution in [2.75, 3.05) is 6.79 Å². The zero-order valence-electron chi connectivity index (χ0n) is 7.12. The predicted octanol–water partition coefficient (Wildman–Crippen LogP) is 1.90. The fraction of sp³-hybridized carbons (Fsp3) is 0.222. The van der Waals surface area contributed by atoms with Crippen LogP contribution in [0, 0.1) is 0 Å². The topological polar surface area (TPSA) is 47.9 Å². The average molecular weight is 212 g/mol. The Balaban J connectivity index is 2.39. The van der Waals surface area contributed by atoms with Gasteiger partial charge in [-0.05, 0) is 11.6 Å². The first-order valence-electron chi connectivity index (χ1n) is 3.93. The molecular formula is C9H6ClNO3. The van der Waals surface area contributed by atoms with Gasteiger partial charge in [0.1, 0.15) is 0 Å². The minimum Gasteiger partial charge on any atom is -0.454 e. The maximum atomic E-state index is 9.93. The molecule has 14 heavy (non-hydrogen) atoms. The summed E-state index contributed by atoms with van der Waals surface area (Å²) in [5, 5.41) is 0.444. The molecule has 1 aliphatic rings. The molecule has 0 radical (unpaired) electrons. The predicted molar refractivity (Wildman–Crippen MR) is 49.4 cm³/mol. The van der Waals surface area contributed by atoms with E-state index in [1.165, 1.54) is 6.08 Å². The fourth-order valence-electron chi connectivity index (χ4n) is 1.22. The van der Waals surface area contributed by atoms with E-state index in [1.807, 2.05) is 0 Å². The van der Waals surface area contributed by atoms with Crippen molar-refractivity contribution < 1.29 is 14.3 Å². The SMILES string of the molecule is O=C=NCc1ccc2c(c1Cl)OCO2. The van der Waals surface area contributed by atoms with Crippen LogP contribution in [0.4, 0.5) is 0 Å². The van der Waals surface area contributed by atoms with Crippen molar-refractivity contribution >= 4 is 17.7 Å². The van der Waals surface area contributed by atoms with Crippen molar-refractivity contribution in [1.82, 2.24) is 0 Å². The second kappa shape index (κ2) is 3.70. The smallest absolute Gasteiger partial charge is 0.235 e. The van der Waals surface area contributed by atoms with Crippen molar-refractivity contribution in [3.63, 3.8) is 0 Å². The average Bonchev–Trinajstić information content (AvgIpc) is 2.66. The Hall–Kier alpha value is -1.51. The number of rotatable bonds is 2. The normalized spacial score (nSPS) is 12.4. The van der Waals surface area contributed by atoms with Crippen LogP contribution in [0.25, 0.3) is 0 Å². The van der Waals surface area contributed by atoms with E-state index < -0.39 is 0 Å². The number of ether oxygens (including phenoxy) is 2. The summed E-state index contributed by atoms with van der Waals surface area (Å²) in [7, 11) is 0. The highest BCUT2D eigenvalue weighted by atomic mass is 35.5. The first kappa shape index (κ1) is 9.06. The second-order valence-electron chi connectivity index (χ2n) is 2.68.